The highest BCUT2D eigenvalue weighted by Gasteiger charge is 2.26. The fourth-order valence-electron chi connectivity index (χ4n) is 2.53. The average molecular weight is 303 g/mol. The molecule has 0 rings (SSSR count). The lowest BCUT2D eigenvalue weighted by atomic mass is 10.4. The molecule has 0 fully saturated rings. The molecule has 0 bridgehead atoms. The van der Waals surface area contributed by atoms with Crippen LogP contribution < -0.4 is 0 Å². The van der Waals surface area contributed by atoms with E-state index >= 15 is 0 Å². The van der Waals surface area contributed by atoms with Gasteiger partial charge in [0.15, 0.2) is 18.1 Å². The zero-order valence-corrected chi connectivity index (χ0v) is 16.7. The first-order valence-electron chi connectivity index (χ1n) is 8.75. The molecule has 0 aromatic rings. The van der Waals surface area contributed by atoms with Gasteiger partial charge in [0, 0.05) is 0 Å². The molecule has 0 spiro atoms. The Hall–Kier alpha value is 0.394. The summed E-state index contributed by atoms with van der Waals surface area (Å²) in [4.78, 5) is 0. The maximum absolute atomic E-state index is 6.84. The third-order valence-corrected chi connectivity index (χ3v) is 12.8. The van der Waals surface area contributed by atoms with Crippen LogP contribution in [0, 0.1) is 0 Å². The Kier molecular flexibility index (Phi) is 12.4. The predicted octanol–water partition coefficient (Wildman–Crippen LogP) is 5.65. The molecule has 0 radical (unpaired) electrons. The third kappa shape index (κ3) is 8.31. The second-order valence-electron chi connectivity index (χ2n) is 6.27. The van der Waals surface area contributed by atoms with Gasteiger partial charge in [0.05, 0.1) is 0 Å². The van der Waals surface area contributed by atoms with Crippen molar-refractivity contribution in [2.45, 2.75) is 103 Å². The average Bonchev–Trinajstić information content (AvgIpc) is 2.44. The maximum Gasteiger partial charge on any atom is 0.165 e. The van der Waals surface area contributed by atoms with Crippen LogP contribution in [0.4, 0.5) is 0 Å². The zero-order chi connectivity index (χ0) is 14.7. The first kappa shape index (κ1) is 19.4. The molecule has 19 heavy (non-hydrogen) atoms. The molecule has 0 aromatic carbocycles. The summed E-state index contributed by atoms with van der Waals surface area (Å²) in [6.07, 6.45) is 8.06. The second kappa shape index (κ2) is 12.2. The normalized spacial score (nSPS) is 18.0. The van der Waals surface area contributed by atoms with Crippen LogP contribution in [0.3, 0.4) is 0 Å². The van der Waals surface area contributed by atoms with Gasteiger partial charge in [-0.3, -0.25) is 0 Å². The molecule has 116 valence electrons. The summed E-state index contributed by atoms with van der Waals surface area (Å²) in [5.74, 6) is 0. The minimum atomic E-state index is -0.954. The smallest absolute Gasteiger partial charge is 0.165 e. The minimum absolute atomic E-state index is 0.868. The van der Waals surface area contributed by atoms with Crippen molar-refractivity contribution in [1.29, 1.82) is 0 Å². The summed E-state index contributed by atoms with van der Waals surface area (Å²) >= 11 is 0. The van der Waals surface area contributed by atoms with Crippen LogP contribution in [0.25, 0.3) is 0 Å². The van der Waals surface area contributed by atoms with Crippen LogP contribution in [0.2, 0.25) is 23.2 Å². The summed E-state index contributed by atoms with van der Waals surface area (Å²) in [5.41, 5.74) is 1.74. The molecule has 3 heteroatoms. The lowest BCUT2D eigenvalue weighted by molar-refractivity contribution is 0.518. The topological polar surface area (TPSA) is 9.23 Å². The van der Waals surface area contributed by atoms with E-state index < -0.39 is 18.1 Å². The highest BCUT2D eigenvalue weighted by atomic mass is 28.4. The van der Waals surface area contributed by atoms with Crippen molar-refractivity contribution in [3.05, 3.63) is 0 Å². The van der Waals surface area contributed by atoms with Crippen LogP contribution in [-0.2, 0) is 4.12 Å². The molecular weight excluding hydrogens is 264 g/mol. The molecular formula is C16H38OSi2. The summed E-state index contributed by atoms with van der Waals surface area (Å²) in [5, 5.41) is 0. The Bertz CT molecular complexity index is 179. The highest BCUT2D eigenvalue weighted by molar-refractivity contribution is 6.67. The molecule has 0 aliphatic heterocycles. The van der Waals surface area contributed by atoms with Gasteiger partial charge in [-0.2, -0.15) is 0 Å². The molecule has 4 unspecified atom stereocenters. The molecule has 0 saturated heterocycles. The Morgan fingerprint density at radius 1 is 0.737 bits per heavy atom. The number of hydrogen-bond donors (Lipinski definition) is 0. The molecule has 1 nitrogen and oxygen atoms in total. The van der Waals surface area contributed by atoms with Crippen LogP contribution in [-0.4, -0.2) is 18.1 Å². The second-order valence-corrected chi connectivity index (χ2v) is 12.9. The summed E-state index contributed by atoms with van der Waals surface area (Å²) in [6.45, 7) is 14.2. The van der Waals surface area contributed by atoms with Crippen LogP contribution in [0.5, 0.6) is 0 Å². The standard InChI is InChI=1S/C16H38OSi2/c1-7-11-13-18(15(5)9-3)17-19(14-12-8-2)16(6)10-4/h15-16,18-19H,7-14H2,1-6H3. The van der Waals surface area contributed by atoms with E-state index in [1.807, 2.05) is 0 Å². The van der Waals surface area contributed by atoms with Crippen molar-refractivity contribution in [2.75, 3.05) is 0 Å². The van der Waals surface area contributed by atoms with Crippen LogP contribution in [0.15, 0.2) is 0 Å². The maximum atomic E-state index is 6.84. The number of unbranched alkanes of at least 4 members (excludes halogenated alkanes) is 2. The van der Waals surface area contributed by atoms with E-state index in [0.717, 1.165) is 11.1 Å². The van der Waals surface area contributed by atoms with Gasteiger partial charge in [-0.15, -0.1) is 0 Å². The molecule has 0 aliphatic rings. The fourth-order valence-corrected chi connectivity index (χ4v) is 11.4. The summed E-state index contributed by atoms with van der Waals surface area (Å²) < 4.78 is 6.84. The number of rotatable bonds is 12. The van der Waals surface area contributed by atoms with E-state index in [2.05, 4.69) is 41.5 Å². The van der Waals surface area contributed by atoms with Gasteiger partial charge in [0.1, 0.15) is 0 Å². The number of hydrogen-bond acceptors (Lipinski definition) is 1. The quantitative estimate of drug-likeness (QED) is 0.423. The molecule has 0 saturated carbocycles. The van der Waals surface area contributed by atoms with Crippen molar-refractivity contribution in [2.24, 2.45) is 0 Å². The Morgan fingerprint density at radius 2 is 1.11 bits per heavy atom. The molecule has 4 atom stereocenters. The van der Waals surface area contributed by atoms with Gasteiger partial charge in [-0.05, 0) is 23.2 Å². The Balaban J connectivity index is 4.51. The van der Waals surface area contributed by atoms with Gasteiger partial charge < -0.3 is 4.12 Å². The van der Waals surface area contributed by atoms with E-state index in [-0.39, 0.29) is 0 Å². The molecule has 0 aromatic heterocycles. The largest absolute Gasteiger partial charge is 0.459 e. The van der Waals surface area contributed by atoms with Gasteiger partial charge in [0.2, 0.25) is 0 Å². The van der Waals surface area contributed by atoms with Crippen molar-refractivity contribution in [1.82, 2.24) is 0 Å². The molecule has 0 amide bonds. The van der Waals surface area contributed by atoms with Gasteiger partial charge in [0.25, 0.3) is 0 Å². The highest BCUT2D eigenvalue weighted by Crippen LogP contribution is 2.27. The summed E-state index contributed by atoms with van der Waals surface area (Å²) in [6, 6.07) is 2.83. The molecule has 0 aliphatic carbocycles. The van der Waals surface area contributed by atoms with Gasteiger partial charge in [-0.1, -0.05) is 80.1 Å². The predicted molar refractivity (Wildman–Crippen MR) is 94.2 cm³/mol. The SMILES string of the molecule is CCCC[SiH](O[SiH](CCCC)C(C)CC)C(C)CC. The van der Waals surface area contributed by atoms with Gasteiger partial charge >= 0.3 is 0 Å². The molecule has 0 N–H and O–H groups in total. The van der Waals surface area contributed by atoms with Crippen molar-refractivity contribution >= 4 is 18.1 Å². The third-order valence-electron chi connectivity index (χ3n) is 4.59. The monoisotopic (exact) mass is 302 g/mol. The van der Waals surface area contributed by atoms with E-state index in [1.54, 1.807) is 0 Å². The van der Waals surface area contributed by atoms with Crippen molar-refractivity contribution in [3.8, 4) is 0 Å². The molecule has 0 heterocycles. The first-order valence-corrected chi connectivity index (χ1v) is 12.7. The van der Waals surface area contributed by atoms with E-state index in [1.165, 1.54) is 50.6 Å². The lowest BCUT2D eigenvalue weighted by Gasteiger charge is -2.30. The lowest BCUT2D eigenvalue weighted by Crippen LogP contribution is -2.34. The summed E-state index contributed by atoms with van der Waals surface area (Å²) in [7, 11) is -1.91. The van der Waals surface area contributed by atoms with Crippen LogP contribution >= 0.6 is 0 Å². The van der Waals surface area contributed by atoms with Crippen molar-refractivity contribution in [3.63, 3.8) is 0 Å². The van der Waals surface area contributed by atoms with Gasteiger partial charge in [-0.25, -0.2) is 0 Å². The van der Waals surface area contributed by atoms with E-state index in [0.29, 0.717) is 0 Å². The Morgan fingerprint density at radius 3 is 1.37 bits per heavy atom. The Labute approximate surface area is 126 Å². The van der Waals surface area contributed by atoms with Crippen molar-refractivity contribution < 1.29 is 4.12 Å². The van der Waals surface area contributed by atoms with E-state index in [9.17, 15) is 0 Å². The fraction of sp³-hybridized carbons (Fsp3) is 1.00. The van der Waals surface area contributed by atoms with Crippen LogP contribution in [0.1, 0.15) is 80.1 Å². The minimum Gasteiger partial charge on any atom is -0.459 e. The zero-order valence-electron chi connectivity index (χ0n) is 14.4. The first-order chi connectivity index (χ1) is 9.10. The van der Waals surface area contributed by atoms with E-state index in [4.69, 9.17) is 4.12 Å².